The monoisotopic (exact) mass is 338 g/mol. The molecular formula is C12H10F4N2O3S. The summed E-state index contributed by atoms with van der Waals surface area (Å²) in [5, 5.41) is 8.22. The van der Waals surface area contributed by atoms with E-state index in [0.29, 0.717) is 0 Å². The highest BCUT2D eigenvalue weighted by molar-refractivity contribution is 8.00. The van der Waals surface area contributed by atoms with Gasteiger partial charge in [0.25, 0.3) is 5.91 Å². The first kappa shape index (κ1) is 16.5. The molecule has 2 rings (SSSR count). The summed E-state index contributed by atoms with van der Waals surface area (Å²) in [6, 6.07) is 2.42. The normalized spacial score (nSPS) is 21.9. The molecule has 0 radical (unpaired) electrons. The zero-order valence-electron chi connectivity index (χ0n) is 10.9. The molecule has 1 atom stereocenters. The van der Waals surface area contributed by atoms with Crippen molar-refractivity contribution in [2.45, 2.75) is 22.6 Å². The van der Waals surface area contributed by atoms with E-state index >= 15 is 0 Å². The Balaban J connectivity index is 2.23. The zero-order chi connectivity index (χ0) is 16.5. The predicted octanol–water partition coefficient (Wildman–Crippen LogP) is 2.33. The van der Waals surface area contributed by atoms with E-state index in [1.165, 1.54) is 6.07 Å². The maximum absolute atomic E-state index is 13.9. The third kappa shape index (κ3) is 3.49. The Morgan fingerprint density at radius 3 is 2.64 bits per heavy atom. The van der Waals surface area contributed by atoms with Crippen LogP contribution in [0.1, 0.15) is 16.8 Å². The summed E-state index contributed by atoms with van der Waals surface area (Å²) >= 11 is -0.548. The van der Waals surface area contributed by atoms with Gasteiger partial charge in [-0.1, -0.05) is 0 Å². The van der Waals surface area contributed by atoms with E-state index in [9.17, 15) is 27.2 Å². The maximum atomic E-state index is 13.9. The Morgan fingerprint density at radius 2 is 2.09 bits per heavy atom. The molecule has 10 heteroatoms. The van der Waals surface area contributed by atoms with Crippen LogP contribution in [0.15, 0.2) is 23.4 Å². The number of pyridine rings is 1. The van der Waals surface area contributed by atoms with Crippen LogP contribution in [0.3, 0.4) is 0 Å². The van der Waals surface area contributed by atoms with E-state index in [1.54, 1.807) is 0 Å². The number of alkyl halides is 4. The molecule has 0 spiro atoms. The number of rotatable bonds is 3. The number of carbonyl (C=O) groups is 2. The molecule has 0 bridgehead atoms. The van der Waals surface area contributed by atoms with Crippen molar-refractivity contribution in [3.63, 3.8) is 0 Å². The molecule has 1 saturated heterocycles. The highest BCUT2D eigenvalue weighted by Crippen LogP contribution is 2.38. The molecule has 2 heterocycles. The first-order chi connectivity index (χ1) is 10.1. The summed E-state index contributed by atoms with van der Waals surface area (Å²) in [6.07, 6.45) is 0.696. The van der Waals surface area contributed by atoms with Crippen molar-refractivity contribution in [2.75, 3.05) is 13.1 Å². The molecule has 1 N–H and O–H groups in total. The molecule has 1 aliphatic rings. The molecule has 5 nitrogen and oxygen atoms in total. The fourth-order valence-electron chi connectivity index (χ4n) is 2.04. The lowest BCUT2D eigenvalue weighted by Crippen LogP contribution is -2.39. The number of hydrogen-bond acceptors (Lipinski definition) is 4. The van der Waals surface area contributed by atoms with Crippen LogP contribution in [-0.4, -0.2) is 51.1 Å². The van der Waals surface area contributed by atoms with Gasteiger partial charge in [0, 0.05) is 30.9 Å². The Kier molecular flexibility index (Phi) is 4.32. The Labute approximate surface area is 126 Å². The molecule has 1 aromatic heterocycles. The number of halogens is 4. The molecule has 1 unspecified atom stereocenters. The third-order valence-corrected chi connectivity index (χ3v) is 3.85. The molecule has 1 aromatic rings. The SMILES string of the molecule is O=C(c1cccnc1SC(F)(F)F)N1CCC(F)(C(=O)O)C1. The van der Waals surface area contributed by atoms with Crippen molar-refractivity contribution in [3.8, 4) is 0 Å². The summed E-state index contributed by atoms with van der Waals surface area (Å²) in [4.78, 5) is 27.4. The Bertz CT molecular complexity index is 610. The van der Waals surface area contributed by atoms with Crippen LogP contribution < -0.4 is 0 Å². The highest BCUT2D eigenvalue weighted by Gasteiger charge is 2.47. The topological polar surface area (TPSA) is 70.5 Å². The molecule has 120 valence electrons. The second-order valence-corrected chi connectivity index (χ2v) is 5.70. The first-order valence-corrected chi connectivity index (χ1v) is 6.86. The van der Waals surface area contributed by atoms with Gasteiger partial charge in [0.2, 0.25) is 5.67 Å². The van der Waals surface area contributed by atoms with E-state index < -0.39 is 52.8 Å². The minimum absolute atomic E-state index is 0.188. The van der Waals surface area contributed by atoms with Crippen molar-refractivity contribution in [1.82, 2.24) is 9.88 Å². The fraction of sp³-hybridized carbons (Fsp3) is 0.417. The number of likely N-dealkylation sites (tertiary alicyclic amines) is 1. The molecule has 0 saturated carbocycles. The number of carboxylic acid groups (broad SMARTS) is 1. The van der Waals surface area contributed by atoms with E-state index in [0.717, 1.165) is 17.2 Å². The van der Waals surface area contributed by atoms with Crippen molar-refractivity contribution >= 4 is 23.6 Å². The van der Waals surface area contributed by atoms with Crippen LogP contribution in [0.2, 0.25) is 0 Å². The Hall–Kier alpha value is -1.84. The quantitative estimate of drug-likeness (QED) is 0.677. The van der Waals surface area contributed by atoms with E-state index in [4.69, 9.17) is 5.11 Å². The van der Waals surface area contributed by atoms with Crippen molar-refractivity contribution < 1.29 is 32.3 Å². The molecule has 0 aliphatic carbocycles. The van der Waals surface area contributed by atoms with Gasteiger partial charge in [-0.15, -0.1) is 0 Å². The number of hydrogen-bond donors (Lipinski definition) is 1. The Morgan fingerprint density at radius 1 is 1.41 bits per heavy atom. The molecule has 22 heavy (non-hydrogen) atoms. The molecule has 1 amide bonds. The standard InChI is InChI=1S/C12H10F4N2O3S/c13-11(10(20)21)3-5-18(6-11)9(19)7-2-1-4-17-8(7)22-12(14,15)16/h1-2,4H,3,5-6H2,(H,20,21). The third-order valence-electron chi connectivity index (χ3n) is 3.10. The lowest BCUT2D eigenvalue weighted by Gasteiger charge is -2.19. The van der Waals surface area contributed by atoms with Gasteiger partial charge in [0.1, 0.15) is 5.03 Å². The summed E-state index contributed by atoms with van der Waals surface area (Å²) in [5.41, 5.74) is -7.53. The van der Waals surface area contributed by atoms with Gasteiger partial charge < -0.3 is 10.0 Å². The second-order valence-electron chi connectivity index (χ2n) is 4.65. The zero-order valence-corrected chi connectivity index (χ0v) is 11.7. The number of thioether (sulfide) groups is 1. The number of carboxylic acids is 1. The largest absolute Gasteiger partial charge is 0.479 e. The summed E-state index contributed by atoms with van der Waals surface area (Å²) in [6.45, 7) is -0.890. The van der Waals surface area contributed by atoms with Crippen LogP contribution in [0, 0.1) is 0 Å². The highest BCUT2D eigenvalue weighted by atomic mass is 32.2. The van der Waals surface area contributed by atoms with Crippen molar-refractivity contribution in [1.29, 1.82) is 0 Å². The minimum atomic E-state index is -4.63. The van der Waals surface area contributed by atoms with Crippen LogP contribution >= 0.6 is 11.8 Å². The number of aliphatic carboxylic acids is 1. The minimum Gasteiger partial charge on any atom is -0.479 e. The molecule has 0 aromatic carbocycles. The van der Waals surface area contributed by atoms with Gasteiger partial charge in [0.15, 0.2) is 0 Å². The van der Waals surface area contributed by atoms with Gasteiger partial charge in [-0.25, -0.2) is 14.2 Å². The summed E-state index contributed by atoms with van der Waals surface area (Å²) < 4.78 is 51.3. The van der Waals surface area contributed by atoms with Crippen LogP contribution in [-0.2, 0) is 4.79 Å². The lowest BCUT2D eigenvalue weighted by molar-refractivity contribution is -0.149. The van der Waals surface area contributed by atoms with Crippen LogP contribution in [0.5, 0.6) is 0 Å². The van der Waals surface area contributed by atoms with Gasteiger partial charge in [0.05, 0.1) is 12.1 Å². The number of nitrogens with zero attached hydrogens (tertiary/aromatic N) is 2. The van der Waals surface area contributed by atoms with Gasteiger partial charge in [-0.2, -0.15) is 13.2 Å². The number of aromatic nitrogens is 1. The number of amides is 1. The summed E-state index contributed by atoms with van der Waals surface area (Å²) in [7, 11) is 0. The maximum Gasteiger partial charge on any atom is 0.447 e. The predicted molar refractivity (Wildman–Crippen MR) is 68.1 cm³/mol. The number of carbonyl (C=O) groups excluding carboxylic acids is 1. The summed E-state index contributed by atoms with van der Waals surface area (Å²) in [5.74, 6) is -2.57. The second kappa shape index (κ2) is 5.75. The molecule has 1 fully saturated rings. The van der Waals surface area contributed by atoms with Gasteiger partial charge in [-0.05, 0) is 12.1 Å². The average molecular weight is 338 g/mol. The van der Waals surface area contributed by atoms with E-state index in [-0.39, 0.29) is 12.1 Å². The first-order valence-electron chi connectivity index (χ1n) is 6.05. The van der Waals surface area contributed by atoms with Crippen molar-refractivity contribution in [3.05, 3.63) is 23.9 Å². The lowest BCUT2D eigenvalue weighted by atomic mass is 10.1. The smallest absolute Gasteiger partial charge is 0.447 e. The van der Waals surface area contributed by atoms with Gasteiger partial charge in [-0.3, -0.25) is 4.79 Å². The van der Waals surface area contributed by atoms with E-state index in [1.807, 2.05) is 0 Å². The van der Waals surface area contributed by atoms with E-state index in [2.05, 4.69) is 4.98 Å². The average Bonchev–Trinajstić information content (AvgIpc) is 2.81. The molecular weight excluding hydrogens is 328 g/mol. The van der Waals surface area contributed by atoms with Crippen LogP contribution in [0.25, 0.3) is 0 Å². The fourth-order valence-corrected chi connectivity index (χ4v) is 2.63. The molecule has 1 aliphatic heterocycles. The van der Waals surface area contributed by atoms with Crippen LogP contribution in [0.4, 0.5) is 17.6 Å². The van der Waals surface area contributed by atoms with Crippen molar-refractivity contribution in [2.24, 2.45) is 0 Å². The van der Waals surface area contributed by atoms with Gasteiger partial charge >= 0.3 is 11.5 Å².